The Kier molecular flexibility index (Phi) is 11.1. The third kappa shape index (κ3) is 8.15. The van der Waals surface area contributed by atoms with E-state index < -0.39 is 11.7 Å². The van der Waals surface area contributed by atoms with Gasteiger partial charge in [-0.2, -0.15) is 5.53 Å². The Labute approximate surface area is 249 Å². The van der Waals surface area contributed by atoms with Crippen molar-refractivity contribution < 1.29 is 19.5 Å². The van der Waals surface area contributed by atoms with E-state index in [0.717, 1.165) is 11.8 Å². The van der Waals surface area contributed by atoms with Crippen molar-refractivity contribution in [2.75, 3.05) is 5.32 Å². The van der Waals surface area contributed by atoms with Gasteiger partial charge in [0.1, 0.15) is 17.7 Å². The number of phenolic OH excluding ortho intramolecular Hbond substituents is 2. The number of hydrogen-bond acceptors (Lipinski definition) is 7. The molecule has 0 saturated carbocycles. The van der Waals surface area contributed by atoms with Gasteiger partial charge in [0.15, 0.2) is 0 Å². The highest BCUT2D eigenvalue weighted by Gasteiger charge is 2.26. The van der Waals surface area contributed by atoms with E-state index in [1.165, 1.54) is 6.07 Å². The first-order valence-corrected chi connectivity index (χ1v) is 12.3. The van der Waals surface area contributed by atoms with Crippen molar-refractivity contribution in [1.29, 1.82) is 5.53 Å². The van der Waals surface area contributed by atoms with Crippen molar-refractivity contribution in [3.05, 3.63) is 64.4 Å². The lowest BCUT2D eigenvalue weighted by Gasteiger charge is -2.17. The van der Waals surface area contributed by atoms with Gasteiger partial charge in [0.2, 0.25) is 5.88 Å². The van der Waals surface area contributed by atoms with Crippen molar-refractivity contribution >= 4 is 23.6 Å². The zero-order valence-corrected chi connectivity index (χ0v) is 23.7. The number of amides is 1. The van der Waals surface area contributed by atoms with Crippen LogP contribution in [-0.2, 0) is 0 Å². The molecule has 0 saturated heterocycles. The van der Waals surface area contributed by atoms with E-state index in [0.29, 0.717) is 28.0 Å². The molecule has 0 atom stereocenters. The minimum Gasteiger partial charge on any atom is -0.507 e. The zero-order valence-electron chi connectivity index (χ0n) is 23.7. The number of hydrogen-bond donors (Lipinski definition) is 4. The molecule has 0 spiro atoms. The minimum atomic E-state index is -0.755. The maximum Gasteiger partial charge on any atom is 0.263 e. The van der Waals surface area contributed by atoms with E-state index in [4.69, 9.17) is 10.1 Å². The highest BCUT2D eigenvalue weighted by molar-refractivity contribution is 6.10. The second-order valence-corrected chi connectivity index (χ2v) is 8.63. The van der Waals surface area contributed by atoms with Gasteiger partial charge in [-0.15, -0.1) is 5.10 Å². The number of nitrogens with zero attached hydrogens (tertiary/aromatic N) is 11. The second-order valence-electron chi connectivity index (χ2n) is 8.63. The summed E-state index contributed by atoms with van der Waals surface area (Å²) in [4.78, 5) is 13.5. The number of benzene rings is 2. The fourth-order valence-corrected chi connectivity index (χ4v) is 3.56. The molecule has 0 bridgehead atoms. The number of carbonyl (C=O) groups is 1. The van der Waals surface area contributed by atoms with Crippen LogP contribution in [0.25, 0.3) is 16.7 Å². The summed E-state index contributed by atoms with van der Waals surface area (Å²) in [6.45, 7) is 11.1. The van der Waals surface area contributed by atoms with Crippen LogP contribution in [0, 0.1) is 50.0 Å². The molecule has 3 aromatic rings. The number of anilines is 1. The van der Waals surface area contributed by atoms with E-state index in [1.807, 2.05) is 19.1 Å². The number of aromatic nitrogens is 1. The maximum atomic E-state index is 13.5. The first-order chi connectivity index (χ1) is 21.1. The summed E-state index contributed by atoms with van der Waals surface area (Å²) < 4.78 is 5.20. The summed E-state index contributed by atoms with van der Waals surface area (Å²) in [5.41, 5.74) is 10.0. The highest BCUT2D eigenvalue weighted by Crippen LogP contribution is 2.44. The number of phenols is 2. The normalized spacial score (nSPS) is 11.3. The lowest BCUT2D eigenvalue weighted by molar-refractivity contribution is 0.102. The molecule has 0 aliphatic carbocycles. The molecule has 1 amide bonds. The third-order valence-corrected chi connectivity index (χ3v) is 5.63. The molecule has 0 aliphatic heterocycles. The molecular formula is C27H23N13O4. The van der Waals surface area contributed by atoms with Gasteiger partial charge in [0.05, 0.1) is 16.8 Å². The van der Waals surface area contributed by atoms with Gasteiger partial charge < -0.3 is 14.7 Å². The van der Waals surface area contributed by atoms with E-state index in [-0.39, 0.29) is 28.3 Å². The molecule has 3 rings (SSSR count). The maximum absolute atomic E-state index is 13.5. The number of allylic oxidation sites excluding steroid dienone is 1. The Balaban J connectivity index is 1.98. The van der Waals surface area contributed by atoms with Gasteiger partial charge in [-0.1, -0.05) is 47.0 Å². The standard InChI is InChI=1S/C27H23N13O4/c1-15(2)20-11-10-16(3)13-21(20)24-22(41)14-19(23(25(24)42)26(43)30-27-17(4)18(5)31-44-27)9-7-6-8-12-29-33-35-37-39-40-38-36-34-32-28/h10-14,28,41-42H,1H2,2-5H3,(H,30,43)/b29-12+,32-28?,35-33+,36-34+,39-37+,40-38+. The van der Waals surface area contributed by atoms with E-state index >= 15 is 0 Å². The summed E-state index contributed by atoms with van der Waals surface area (Å²) in [6, 6.07) is 6.72. The number of aromatic hydroxyl groups is 2. The Hall–Kier alpha value is -6.75. The van der Waals surface area contributed by atoms with Crippen LogP contribution in [0.15, 0.2) is 87.5 Å². The van der Waals surface area contributed by atoms with Crippen LogP contribution in [0.4, 0.5) is 5.88 Å². The third-order valence-electron chi connectivity index (χ3n) is 5.63. The van der Waals surface area contributed by atoms with Gasteiger partial charge in [0, 0.05) is 11.1 Å². The first-order valence-electron chi connectivity index (χ1n) is 12.3. The molecule has 0 aliphatic rings. The van der Waals surface area contributed by atoms with E-state index in [1.54, 1.807) is 26.8 Å². The highest BCUT2D eigenvalue weighted by atomic mass is 16.5. The zero-order chi connectivity index (χ0) is 32.1. The Bertz CT molecular complexity index is 1880. The van der Waals surface area contributed by atoms with Crippen LogP contribution in [0.3, 0.4) is 0 Å². The molecule has 0 fully saturated rings. The lowest BCUT2D eigenvalue weighted by Crippen LogP contribution is -2.14. The topological polar surface area (TPSA) is 243 Å². The molecule has 44 heavy (non-hydrogen) atoms. The number of aryl methyl sites for hydroxylation is 2. The average molecular weight is 594 g/mol. The van der Waals surface area contributed by atoms with Crippen molar-refractivity contribution in [3.63, 3.8) is 0 Å². The lowest BCUT2D eigenvalue weighted by atomic mass is 9.90. The molecule has 220 valence electrons. The van der Waals surface area contributed by atoms with Crippen molar-refractivity contribution in [2.45, 2.75) is 27.7 Å². The predicted molar refractivity (Wildman–Crippen MR) is 156 cm³/mol. The molecule has 1 aromatic heterocycles. The summed E-state index contributed by atoms with van der Waals surface area (Å²) in [6.07, 6.45) is 1.05. The quantitative estimate of drug-likeness (QED) is 0.0901. The Morgan fingerprint density at radius 2 is 1.70 bits per heavy atom. The van der Waals surface area contributed by atoms with Crippen LogP contribution in [0.2, 0.25) is 0 Å². The number of nitrogens with one attached hydrogen (secondary N) is 2. The minimum absolute atomic E-state index is 0.0175. The summed E-state index contributed by atoms with van der Waals surface area (Å²) in [5, 5.41) is 59.5. The van der Waals surface area contributed by atoms with Crippen molar-refractivity contribution in [2.24, 2.45) is 52.1 Å². The molecule has 0 unspecified atom stereocenters. The van der Waals surface area contributed by atoms with Gasteiger partial charge in [-0.25, -0.2) is 0 Å². The van der Waals surface area contributed by atoms with Crippen molar-refractivity contribution in [3.8, 4) is 46.3 Å². The fourth-order valence-electron chi connectivity index (χ4n) is 3.56. The number of carbonyl (C=O) groups excluding carboxylic acids is 1. The molecule has 17 heteroatoms. The summed E-state index contributed by atoms with van der Waals surface area (Å²) in [7, 11) is 0. The molecule has 0 radical (unpaired) electrons. The summed E-state index contributed by atoms with van der Waals surface area (Å²) >= 11 is 0. The molecule has 2 aromatic carbocycles. The monoisotopic (exact) mass is 593 g/mol. The van der Waals surface area contributed by atoms with Crippen LogP contribution in [0.5, 0.6) is 11.5 Å². The average Bonchev–Trinajstić information content (AvgIpc) is 3.29. The van der Waals surface area contributed by atoms with Crippen LogP contribution in [-0.4, -0.2) is 27.5 Å². The molecule has 17 nitrogen and oxygen atoms in total. The van der Waals surface area contributed by atoms with Crippen LogP contribution in [0.1, 0.15) is 45.2 Å². The smallest absolute Gasteiger partial charge is 0.263 e. The van der Waals surface area contributed by atoms with Gasteiger partial charge in [-0.05, 0) is 110 Å². The van der Waals surface area contributed by atoms with Gasteiger partial charge in [0.25, 0.3) is 5.91 Å². The van der Waals surface area contributed by atoms with Crippen LogP contribution >= 0.6 is 0 Å². The largest absolute Gasteiger partial charge is 0.507 e. The second kappa shape index (κ2) is 15.3. The molecule has 4 N–H and O–H groups in total. The first kappa shape index (κ1) is 31.8. The van der Waals surface area contributed by atoms with Crippen molar-refractivity contribution in [1.82, 2.24) is 5.16 Å². The summed E-state index contributed by atoms with van der Waals surface area (Å²) in [5.74, 6) is 8.67. The number of rotatable bonds is 9. The van der Waals surface area contributed by atoms with E-state index in [9.17, 15) is 15.0 Å². The SMILES string of the molecule is C=C(C)c1ccc(C)cc1-c1c(O)cc(C#CC#C/C=N/N=N/N=N/N=N/N=N/N=N)c(C(=O)Nc2onc(C)c2C)c1O. The Morgan fingerprint density at radius 3 is 2.34 bits per heavy atom. The molecule has 1 heterocycles. The predicted octanol–water partition coefficient (Wildman–Crippen LogP) is 6.80. The Morgan fingerprint density at radius 1 is 1.02 bits per heavy atom. The molecular weight excluding hydrogens is 570 g/mol. The van der Waals surface area contributed by atoms with Crippen LogP contribution < -0.4 is 5.32 Å². The van der Waals surface area contributed by atoms with Gasteiger partial charge in [-0.3, -0.25) is 10.1 Å². The van der Waals surface area contributed by atoms with E-state index in [2.05, 4.69) is 92.8 Å². The fraction of sp³-hybridized carbons (Fsp3) is 0.148. The van der Waals surface area contributed by atoms with Gasteiger partial charge >= 0.3 is 0 Å².